The van der Waals surface area contributed by atoms with Crippen molar-refractivity contribution in [3.8, 4) is 11.5 Å². The molecule has 3 heteroatoms. The minimum atomic E-state index is 0.0344. The van der Waals surface area contributed by atoms with Crippen molar-refractivity contribution in [2.75, 3.05) is 14.2 Å². The Labute approximate surface area is 128 Å². The normalized spacial score (nSPS) is 10.7. The number of halogens is 1. The van der Waals surface area contributed by atoms with Gasteiger partial charge in [0.05, 0.1) is 19.0 Å². The zero-order chi connectivity index (χ0) is 14.7. The van der Waals surface area contributed by atoms with E-state index in [2.05, 4.69) is 54.0 Å². The smallest absolute Gasteiger partial charge is 0.123 e. The molecule has 0 amide bonds. The van der Waals surface area contributed by atoms with Gasteiger partial charge in [-0.2, -0.15) is 0 Å². The number of aryl methyl sites for hydroxylation is 2. The van der Waals surface area contributed by atoms with Crippen LogP contribution >= 0.6 is 15.9 Å². The van der Waals surface area contributed by atoms with Crippen LogP contribution in [0.1, 0.15) is 27.1 Å². The number of benzene rings is 2. The number of rotatable bonds is 4. The SMILES string of the molecule is COc1ccc(C)cc1C(Br)c1cc(C)ccc1OC. The van der Waals surface area contributed by atoms with E-state index in [0.29, 0.717) is 0 Å². The molecule has 0 aliphatic heterocycles. The van der Waals surface area contributed by atoms with Gasteiger partial charge in [0.25, 0.3) is 0 Å². The van der Waals surface area contributed by atoms with Crippen LogP contribution in [0.25, 0.3) is 0 Å². The molecule has 20 heavy (non-hydrogen) atoms. The van der Waals surface area contributed by atoms with Gasteiger partial charge in [0.2, 0.25) is 0 Å². The highest BCUT2D eigenvalue weighted by Gasteiger charge is 2.19. The molecule has 0 aliphatic rings. The van der Waals surface area contributed by atoms with Gasteiger partial charge in [0, 0.05) is 11.1 Å². The molecular weight excluding hydrogens is 316 g/mol. The molecular formula is C17H19BrO2. The average molecular weight is 335 g/mol. The molecule has 0 fully saturated rings. The summed E-state index contributed by atoms with van der Waals surface area (Å²) in [4.78, 5) is 0.0344. The number of hydrogen-bond acceptors (Lipinski definition) is 2. The molecule has 0 saturated carbocycles. The monoisotopic (exact) mass is 334 g/mol. The molecule has 0 aromatic heterocycles. The third-order valence-electron chi connectivity index (χ3n) is 3.32. The van der Waals surface area contributed by atoms with Crippen LogP contribution in [0.15, 0.2) is 36.4 Å². The van der Waals surface area contributed by atoms with Crippen LogP contribution in [0.3, 0.4) is 0 Å². The summed E-state index contributed by atoms with van der Waals surface area (Å²) in [5.74, 6) is 1.75. The summed E-state index contributed by atoms with van der Waals surface area (Å²) in [5, 5.41) is 0. The summed E-state index contributed by atoms with van der Waals surface area (Å²) < 4.78 is 11.0. The van der Waals surface area contributed by atoms with Gasteiger partial charge in [-0.25, -0.2) is 0 Å². The highest BCUT2D eigenvalue weighted by Crippen LogP contribution is 2.41. The second kappa shape index (κ2) is 6.31. The molecule has 0 spiro atoms. The van der Waals surface area contributed by atoms with E-state index >= 15 is 0 Å². The summed E-state index contributed by atoms with van der Waals surface area (Å²) in [7, 11) is 3.39. The van der Waals surface area contributed by atoms with Crippen LogP contribution < -0.4 is 9.47 Å². The lowest BCUT2D eigenvalue weighted by molar-refractivity contribution is 0.405. The maximum Gasteiger partial charge on any atom is 0.123 e. The Morgan fingerprint density at radius 1 is 0.800 bits per heavy atom. The Kier molecular flexibility index (Phi) is 4.71. The van der Waals surface area contributed by atoms with Crippen molar-refractivity contribution in [2.24, 2.45) is 0 Å². The number of ether oxygens (including phenoxy) is 2. The van der Waals surface area contributed by atoms with Gasteiger partial charge in [0.15, 0.2) is 0 Å². The minimum absolute atomic E-state index is 0.0344. The minimum Gasteiger partial charge on any atom is -0.496 e. The van der Waals surface area contributed by atoms with Crippen molar-refractivity contribution in [3.63, 3.8) is 0 Å². The predicted molar refractivity (Wildman–Crippen MR) is 86.2 cm³/mol. The summed E-state index contributed by atoms with van der Waals surface area (Å²) in [6.07, 6.45) is 0. The quantitative estimate of drug-likeness (QED) is 0.747. The molecule has 0 aliphatic carbocycles. The first-order valence-electron chi connectivity index (χ1n) is 6.50. The predicted octanol–water partition coefficient (Wildman–Crippen LogP) is 4.80. The zero-order valence-electron chi connectivity index (χ0n) is 12.2. The first-order valence-corrected chi connectivity index (χ1v) is 7.41. The summed E-state index contributed by atoms with van der Waals surface area (Å²) in [5.41, 5.74) is 4.63. The molecule has 0 saturated heterocycles. The van der Waals surface area contributed by atoms with Crippen LogP contribution in [0.4, 0.5) is 0 Å². The molecule has 0 radical (unpaired) electrons. The van der Waals surface area contributed by atoms with E-state index in [-0.39, 0.29) is 4.83 Å². The first kappa shape index (κ1) is 14.9. The Balaban J connectivity index is 2.53. The molecule has 0 unspecified atom stereocenters. The standard InChI is InChI=1S/C17H19BrO2/c1-11-5-7-15(19-3)13(9-11)17(18)14-10-12(2)6-8-16(14)20-4/h5-10,17H,1-4H3. The van der Waals surface area contributed by atoms with Gasteiger partial charge in [-0.3, -0.25) is 0 Å². The van der Waals surface area contributed by atoms with E-state index in [1.54, 1.807) is 14.2 Å². The fourth-order valence-corrected chi connectivity index (χ4v) is 2.99. The van der Waals surface area contributed by atoms with Crippen molar-refractivity contribution >= 4 is 15.9 Å². The van der Waals surface area contributed by atoms with Crippen molar-refractivity contribution < 1.29 is 9.47 Å². The Hall–Kier alpha value is -1.48. The van der Waals surface area contributed by atoms with E-state index in [0.717, 1.165) is 22.6 Å². The molecule has 0 N–H and O–H groups in total. The Bertz CT molecular complexity index is 554. The second-order valence-corrected chi connectivity index (χ2v) is 5.77. The topological polar surface area (TPSA) is 18.5 Å². The second-order valence-electron chi connectivity index (χ2n) is 4.85. The van der Waals surface area contributed by atoms with Gasteiger partial charge >= 0.3 is 0 Å². The van der Waals surface area contributed by atoms with Crippen LogP contribution in [0, 0.1) is 13.8 Å². The molecule has 2 aromatic rings. The third kappa shape index (κ3) is 2.98. The maximum atomic E-state index is 5.48. The van der Waals surface area contributed by atoms with E-state index in [4.69, 9.17) is 9.47 Å². The third-order valence-corrected chi connectivity index (χ3v) is 4.30. The van der Waals surface area contributed by atoms with Crippen LogP contribution in [-0.2, 0) is 0 Å². The van der Waals surface area contributed by atoms with Gasteiger partial charge in [-0.15, -0.1) is 0 Å². The van der Waals surface area contributed by atoms with Crippen molar-refractivity contribution in [3.05, 3.63) is 58.7 Å². The largest absolute Gasteiger partial charge is 0.496 e. The Morgan fingerprint density at radius 3 is 1.55 bits per heavy atom. The highest BCUT2D eigenvalue weighted by molar-refractivity contribution is 9.09. The fourth-order valence-electron chi connectivity index (χ4n) is 2.27. The molecule has 0 heterocycles. The molecule has 2 nitrogen and oxygen atoms in total. The molecule has 2 rings (SSSR count). The molecule has 0 atom stereocenters. The van der Waals surface area contributed by atoms with E-state index in [9.17, 15) is 0 Å². The van der Waals surface area contributed by atoms with E-state index in [1.165, 1.54) is 11.1 Å². The van der Waals surface area contributed by atoms with Crippen molar-refractivity contribution in [1.82, 2.24) is 0 Å². The lowest BCUT2D eigenvalue weighted by Gasteiger charge is -2.18. The van der Waals surface area contributed by atoms with Crippen LogP contribution in [0.5, 0.6) is 11.5 Å². The van der Waals surface area contributed by atoms with Crippen molar-refractivity contribution in [2.45, 2.75) is 18.7 Å². The summed E-state index contributed by atoms with van der Waals surface area (Å²) in [6.45, 7) is 4.16. The number of methoxy groups -OCH3 is 2. The highest BCUT2D eigenvalue weighted by atomic mass is 79.9. The number of hydrogen-bond donors (Lipinski definition) is 0. The van der Waals surface area contributed by atoms with Gasteiger partial charge in [-0.1, -0.05) is 51.3 Å². The average Bonchev–Trinajstić information content (AvgIpc) is 2.46. The van der Waals surface area contributed by atoms with Gasteiger partial charge in [-0.05, 0) is 26.0 Å². The number of alkyl halides is 1. The Morgan fingerprint density at radius 2 is 1.20 bits per heavy atom. The first-order chi connectivity index (χ1) is 9.56. The van der Waals surface area contributed by atoms with Gasteiger partial charge in [0.1, 0.15) is 11.5 Å². The van der Waals surface area contributed by atoms with E-state index < -0.39 is 0 Å². The lowest BCUT2D eigenvalue weighted by atomic mass is 9.99. The van der Waals surface area contributed by atoms with Crippen LogP contribution in [0.2, 0.25) is 0 Å². The summed E-state index contributed by atoms with van der Waals surface area (Å²) in [6, 6.07) is 12.4. The van der Waals surface area contributed by atoms with E-state index in [1.807, 2.05) is 12.1 Å². The molecule has 0 bridgehead atoms. The van der Waals surface area contributed by atoms with Crippen LogP contribution in [-0.4, -0.2) is 14.2 Å². The van der Waals surface area contributed by atoms with Crippen molar-refractivity contribution in [1.29, 1.82) is 0 Å². The zero-order valence-corrected chi connectivity index (χ0v) is 13.8. The molecule has 2 aromatic carbocycles. The fraction of sp³-hybridized carbons (Fsp3) is 0.294. The lowest BCUT2D eigenvalue weighted by Crippen LogP contribution is -2.00. The maximum absolute atomic E-state index is 5.48. The summed E-state index contributed by atoms with van der Waals surface area (Å²) >= 11 is 3.79. The molecule has 106 valence electrons. The van der Waals surface area contributed by atoms with Gasteiger partial charge < -0.3 is 9.47 Å².